The average molecular weight is 300 g/mol. The third kappa shape index (κ3) is 3.56. The fourth-order valence-electron chi connectivity index (χ4n) is 1.19. The highest BCUT2D eigenvalue weighted by molar-refractivity contribution is 9.10. The van der Waals surface area contributed by atoms with Crippen LogP contribution in [0.4, 0.5) is 0 Å². The molecule has 0 saturated carbocycles. The lowest BCUT2D eigenvalue weighted by Gasteiger charge is -2.16. The van der Waals surface area contributed by atoms with E-state index in [0.717, 1.165) is 0 Å². The summed E-state index contributed by atoms with van der Waals surface area (Å²) in [6, 6.07) is 5.14. The number of likely N-dealkylation sites (N-methyl/N-ethyl adjacent to an activating group) is 1. The zero-order valence-electron chi connectivity index (χ0n) is 9.77. The van der Waals surface area contributed by atoms with Crippen LogP contribution in [0.3, 0.4) is 0 Å². The summed E-state index contributed by atoms with van der Waals surface area (Å²) in [5.41, 5.74) is 0.423. The van der Waals surface area contributed by atoms with Gasteiger partial charge in [0.1, 0.15) is 5.75 Å². The van der Waals surface area contributed by atoms with E-state index in [0.29, 0.717) is 28.6 Å². The number of ether oxygens (including phenoxy) is 1. The van der Waals surface area contributed by atoms with Crippen molar-refractivity contribution in [1.82, 2.24) is 4.90 Å². The summed E-state index contributed by atoms with van der Waals surface area (Å²) in [7, 11) is 1.70. The van der Waals surface area contributed by atoms with Gasteiger partial charge in [-0.1, -0.05) is 6.07 Å². The van der Waals surface area contributed by atoms with Gasteiger partial charge in [0, 0.05) is 13.6 Å². The second kappa shape index (κ2) is 6.39. The molecule has 0 radical (unpaired) electrons. The summed E-state index contributed by atoms with van der Waals surface area (Å²) in [6.07, 6.45) is 0.702. The van der Waals surface area contributed by atoms with Gasteiger partial charge >= 0.3 is 0 Å². The van der Waals surface area contributed by atoms with Gasteiger partial charge < -0.3 is 9.64 Å². The Labute approximate surface area is 109 Å². The highest BCUT2D eigenvalue weighted by atomic mass is 79.9. The normalized spacial score (nSPS) is 9.82. The van der Waals surface area contributed by atoms with Crippen LogP contribution in [-0.2, 0) is 4.79 Å². The van der Waals surface area contributed by atoms with Crippen molar-refractivity contribution in [2.75, 3.05) is 20.2 Å². The van der Waals surface area contributed by atoms with Crippen LogP contribution in [0.1, 0.15) is 17.3 Å². The molecule has 1 aromatic rings. The Morgan fingerprint density at radius 3 is 2.82 bits per heavy atom. The Morgan fingerprint density at radius 1 is 1.53 bits per heavy atom. The summed E-state index contributed by atoms with van der Waals surface area (Å²) in [4.78, 5) is 23.9. The summed E-state index contributed by atoms with van der Waals surface area (Å²) < 4.78 is 6.04. The van der Waals surface area contributed by atoms with E-state index in [2.05, 4.69) is 15.9 Å². The van der Waals surface area contributed by atoms with Crippen LogP contribution >= 0.6 is 15.9 Å². The molecule has 0 heterocycles. The Hall–Kier alpha value is -1.36. The predicted molar refractivity (Wildman–Crippen MR) is 68.3 cm³/mol. The molecule has 92 valence electrons. The number of carbonyl (C=O) groups is 2. The fourth-order valence-corrected chi connectivity index (χ4v) is 1.69. The Morgan fingerprint density at radius 2 is 2.24 bits per heavy atom. The summed E-state index contributed by atoms with van der Waals surface area (Å²) in [5, 5.41) is 0. The van der Waals surface area contributed by atoms with Crippen LogP contribution in [0.2, 0.25) is 0 Å². The maximum absolute atomic E-state index is 11.6. The van der Waals surface area contributed by atoms with Gasteiger partial charge in [-0.05, 0) is 35.0 Å². The van der Waals surface area contributed by atoms with Gasteiger partial charge in [-0.25, -0.2) is 0 Å². The Balaban J connectivity index is 2.75. The quantitative estimate of drug-likeness (QED) is 0.783. The number of carbonyl (C=O) groups excluding carboxylic acids is 2. The third-order valence-corrected chi connectivity index (χ3v) is 2.99. The summed E-state index contributed by atoms with van der Waals surface area (Å²) >= 11 is 3.28. The first-order valence-corrected chi connectivity index (χ1v) is 6.00. The molecule has 0 aliphatic rings. The minimum atomic E-state index is -0.125. The number of nitrogens with zero attached hydrogens (tertiary/aromatic N) is 1. The van der Waals surface area contributed by atoms with Crippen molar-refractivity contribution in [3.05, 3.63) is 28.2 Å². The molecule has 17 heavy (non-hydrogen) atoms. The van der Waals surface area contributed by atoms with E-state index < -0.39 is 0 Å². The zero-order chi connectivity index (χ0) is 12.8. The predicted octanol–water partition coefficient (Wildman–Crippen LogP) is 2.12. The Bertz CT molecular complexity index is 420. The van der Waals surface area contributed by atoms with Gasteiger partial charge in [-0.15, -0.1) is 0 Å². The van der Waals surface area contributed by atoms with Crippen LogP contribution in [0, 0.1) is 0 Å². The molecule has 0 unspecified atom stereocenters. The van der Waals surface area contributed by atoms with E-state index in [1.807, 2.05) is 6.92 Å². The minimum Gasteiger partial charge on any atom is -0.482 e. The number of benzene rings is 1. The molecule has 1 aromatic carbocycles. The van der Waals surface area contributed by atoms with Gasteiger partial charge in [0.25, 0.3) is 5.91 Å². The van der Waals surface area contributed by atoms with Gasteiger partial charge in [-0.2, -0.15) is 0 Å². The monoisotopic (exact) mass is 299 g/mol. The lowest BCUT2D eigenvalue weighted by Crippen LogP contribution is -2.31. The van der Waals surface area contributed by atoms with Crippen LogP contribution in [0.15, 0.2) is 22.7 Å². The summed E-state index contributed by atoms with van der Waals surface area (Å²) in [6.45, 7) is 2.43. The van der Waals surface area contributed by atoms with E-state index in [1.165, 1.54) is 0 Å². The second-order valence-corrected chi connectivity index (χ2v) is 4.33. The van der Waals surface area contributed by atoms with E-state index in [1.54, 1.807) is 30.1 Å². The van der Waals surface area contributed by atoms with E-state index in [-0.39, 0.29) is 12.5 Å². The molecule has 0 fully saturated rings. The molecular weight excluding hydrogens is 286 g/mol. The van der Waals surface area contributed by atoms with Crippen molar-refractivity contribution < 1.29 is 14.3 Å². The van der Waals surface area contributed by atoms with E-state index >= 15 is 0 Å². The number of rotatable bonds is 5. The average Bonchev–Trinajstić information content (AvgIpc) is 2.35. The smallest absolute Gasteiger partial charge is 0.260 e. The molecule has 0 bridgehead atoms. The first kappa shape index (κ1) is 13.7. The minimum absolute atomic E-state index is 0.0756. The number of hydrogen-bond donors (Lipinski definition) is 0. The van der Waals surface area contributed by atoms with Crippen molar-refractivity contribution in [3.63, 3.8) is 0 Å². The van der Waals surface area contributed by atoms with E-state index in [9.17, 15) is 9.59 Å². The highest BCUT2D eigenvalue weighted by Crippen LogP contribution is 2.27. The number of aldehydes is 1. The van der Waals surface area contributed by atoms with Gasteiger partial charge in [0.05, 0.1) is 10.0 Å². The maximum atomic E-state index is 11.6. The number of amides is 1. The topological polar surface area (TPSA) is 46.6 Å². The van der Waals surface area contributed by atoms with Crippen molar-refractivity contribution in [2.24, 2.45) is 0 Å². The second-order valence-electron chi connectivity index (χ2n) is 3.47. The van der Waals surface area contributed by atoms with Crippen LogP contribution in [0.5, 0.6) is 5.75 Å². The van der Waals surface area contributed by atoms with Gasteiger partial charge in [0.2, 0.25) is 0 Å². The highest BCUT2D eigenvalue weighted by Gasteiger charge is 2.11. The molecule has 0 aliphatic heterocycles. The Kier molecular flexibility index (Phi) is 5.15. The molecule has 5 heteroatoms. The third-order valence-electron chi connectivity index (χ3n) is 2.36. The molecule has 0 aromatic heterocycles. The molecule has 0 saturated heterocycles. The SMILES string of the molecule is CCN(C)C(=O)COc1c(Br)cccc1C=O. The van der Waals surface area contributed by atoms with Gasteiger partial charge in [0.15, 0.2) is 12.9 Å². The molecule has 1 amide bonds. The molecule has 0 atom stereocenters. The lowest BCUT2D eigenvalue weighted by molar-refractivity contribution is -0.131. The lowest BCUT2D eigenvalue weighted by atomic mass is 10.2. The van der Waals surface area contributed by atoms with Crippen molar-refractivity contribution in [2.45, 2.75) is 6.92 Å². The van der Waals surface area contributed by atoms with Crippen molar-refractivity contribution in [3.8, 4) is 5.75 Å². The van der Waals surface area contributed by atoms with Crippen LogP contribution in [-0.4, -0.2) is 37.3 Å². The first-order valence-electron chi connectivity index (χ1n) is 5.20. The van der Waals surface area contributed by atoms with Crippen LogP contribution < -0.4 is 4.74 Å². The van der Waals surface area contributed by atoms with Crippen LogP contribution in [0.25, 0.3) is 0 Å². The molecule has 0 aliphatic carbocycles. The first-order chi connectivity index (χ1) is 8.10. The standard InChI is InChI=1S/C12H14BrNO3/c1-3-14(2)11(16)8-17-12-9(7-15)5-4-6-10(12)13/h4-7H,3,8H2,1-2H3. The number of hydrogen-bond acceptors (Lipinski definition) is 3. The maximum Gasteiger partial charge on any atom is 0.260 e. The van der Waals surface area contributed by atoms with Crippen molar-refractivity contribution in [1.29, 1.82) is 0 Å². The number of halogens is 1. The molecule has 0 N–H and O–H groups in total. The largest absolute Gasteiger partial charge is 0.482 e. The molecule has 0 spiro atoms. The van der Waals surface area contributed by atoms with E-state index in [4.69, 9.17) is 4.74 Å². The molecular formula is C12H14BrNO3. The molecule has 4 nitrogen and oxygen atoms in total. The molecule has 1 rings (SSSR count). The summed E-state index contributed by atoms with van der Waals surface area (Å²) in [5.74, 6) is 0.278. The zero-order valence-corrected chi connectivity index (χ0v) is 11.4. The number of para-hydroxylation sites is 1. The van der Waals surface area contributed by atoms with Gasteiger partial charge in [-0.3, -0.25) is 9.59 Å². The van der Waals surface area contributed by atoms with Crippen molar-refractivity contribution >= 4 is 28.1 Å². The fraction of sp³-hybridized carbons (Fsp3) is 0.333.